The van der Waals surface area contributed by atoms with E-state index in [0.29, 0.717) is 3.54 Å². The van der Waals surface area contributed by atoms with Crippen molar-refractivity contribution in [1.82, 2.24) is 6.15 Å². The third kappa shape index (κ3) is 4.41. The van der Waals surface area contributed by atoms with Gasteiger partial charge in [-0.2, -0.15) is 0 Å². The zero-order valence-electron chi connectivity index (χ0n) is 12.5. The van der Waals surface area contributed by atoms with E-state index in [2.05, 4.69) is 52.0 Å². The Hall–Kier alpha value is 0.236. The number of aryl methyl sites for hydroxylation is 1. The second kappa shape index (κ2) is 10.1. The molecule has 0 aromatic heterocycles. The third-order valence-electron chi connectivity index (χ3n) is 4.05. The predicted molar refractivity (Wildman–Crippen MR) is 86.6 cm³/mol. The minimum Gasteiger partial charge on any atom is -0.344 e. The van der Waals surface area contributed by atoms with Crippen LogP contribution >= 0.6 is 12.4 Å². The van der Waals surface area contributed by atoms with E-state index >= 15 is 0 Å². The maximum absolute atomic E-state index is 2.38. The first-order valence-corrected chi connectivity index (χ1v) is 8.53. The Morgan fingerprint density at radius 2 is 1.56 bits per heavy atom. The van der Waals surface area contributed by atoms with E-state index in [1.165, 1.54) is 23.8 Å². The maximum atomic E-state index is 2.38. The van der Waals surface area contributed by atoms with Crippen LogP contribution in [0.2, 0.25) is 4.55 Å². The van der Waals surface area contributed by atoms with Crippen LogP contribution in [-0.2, 0) is 9.97 Å². The van der Waals surface area contributed by atoms with E-state index in [1.807, 2.05) is 0 Å². The number of rotatable bonds is 6. The molecule has 102 valence electrons. The lowest BCUT2D eigenvalue weighted by atomic mass is 9.87. The van der Waals surface area contributed by atoms with Crippen molar-refractivity contribution in [2.75, 3.05) is 0 Å². The highest BCUT2D eigenvalue weighted by Crippen LogP contribution is 2.33. The Balaban J connectivity index is 0. The van der Waals surface area contributed by atoms with E-state index < -0.39 is 0 Å². The highest BCUT2D eigenvalue weighted by molar-refractivity contribution is 6.40. The van der Waals surface area contributed by atoms with Crippen molar-refractivity contribution in [3.63, 3.8) is 0 Å². The van der Waals surface area contributed by atoms with E-state index in [1.54, 1.807) is 11.1 Å². The summed E-state index contributed by atoms with van der Waals surface area (Å²) in [5.41, 5.74) is 3.24. The number of hydrogen-bond donors (Lipinski definition) is 1. The summed E-state index contributed by atoms with van der Waals surface area (Å²) in [4.78, 5) is 0. The molecule has 0 heterocycles. The molecule has 1 rings (SSSR count). The minimum absolute atomic E-state index is 0. The van der Waals surface area contributed by atoms with Gasteiger partial charge in [0.15, 0.2) is 0 Å². The molecule has 0 unspecified atom stereocenters. The standard InChI is InChI=1S/C13H19.C2H5.ClH.Mg.H3N/c1-4-11(5-2)13-10-8-7-9-12(13)6-3;1-2;;;/h7-10H,4-6H2,1-3H3;1H2,2H3;1H;;1H3. The first-order chi connectivity index (χ1) is 7.74. The van der Waals surface area contributed by atoms with Gasteiger partial charge in [-0.1, -0.05) is 70.4 Å². The summed E-state index contributed by atoms with van der Waals surface area (Å²) in [6.07, 6.45) is 3.82. The van der Waals surface area contributed by atoms with Crippen LogP contribution in [0.5, 0.6) is 0 Å². The monoisotopic (exact) mass is 281 g/mol. The van der Waals surface area contributed by atoms with Gasteiger partial charge in [-0.3, -0.25) is 0 Å². The highest BCUT2D eigenvalue weighted by atomic mass is 35.5. The van der Waals surface area contributed by atoms with Crippen molar-refractivity contribution >= 4 is 32.8 Å². The van der Waals surface area contributed by atoms with E-state index in [0.717, 1.165) is 0 Å². The van der Waals surface area contributed by atoms with Gasteiger partial charge in [0.2, 0.25) is 0 Å². The Morgan fingerprint density at radius 1 is 1.00 bits per heavy atom. The van der Waals surface area contributed by atoms with Gasteiger partial charge in [0.25, 0.3) is 0 Å². The van der Waals surface area contributed by atoms with E-state index in [-0.39, 0.29) is 38.9 Å². The van der Waals surface area contributed by atoms with Crippen molar-refractivity contribution in [1.29, 1.82) is 0 Å². The Kier molecular flexibility index (Phi) is 11.5. The molecule has 1 aromatic rings. The molecule has 0 saturated carbocycles. The molecule has 1 nitrogen and oxygen atoms in total. The highest BCUT2D eigenvalue weighted by Gasteiger charge is 2.29. The summed E-state index contributed by atoms with van der Waals surface area (Å²) < 4.78 is 1.97. The SMILES string of the molecule is C[CH2][Mg][C](CC)(CC)c1ccccc1CC.Cl.N. The van der Waals surface area contributed by atoms with Gasteiger partial charge in [0, 0.05) is 0 Å². The van der Waals surface area contributed by atoms with Crippen LogP contribution in [0.15, 0.2) is 24.3 Å². The number of halogens is 1. The molecule has 3 N–H and O–H groups in total. The van der Waals surface area contributed by atoms with Crippen LogP contribution in [0, 0.1) is 0 Å². The fraction of sp³-hybridized carbons (Fsp3) is 0.600. The van der Waals surface area contributed by atoms with Gasteiger partial charge in [-0.15, -0.1) is 20.5 Å². The van der Waals surface area contributed by atoms with Gasteiger partial charge in [0.05, 0.1) is 0 Å². The summed E-state index contributed by atoms with van der Waals surface area (Å²) in [6, 6.07) is 9.11. The third-order valence-corrected chi connectivity index (χ3v) is 6.89. The lowest BCUT2D eigenvalue weighted by molar-refractivity contribution is 0.549. The molecule has 3 heteroatoms. The fourth-order valence-corrected chi connectivity index (χ4v) is 5.22. The molecule has 0 amide bonds. The summed E-state index contributed by atoms with van der Waals surface area (Å²) in [7, 11) is 0. The molecule has 1 aromatic carbocycles. The van der Waals surface area contributed by atoms with Gasteiger partial charge in [-0.05, 0) is 12.0 Å². The van der Waals surface area contributed by atoms with Crippen LogP contribution in [0.4, 0.5) is 0 Å². The summed E-state index contributed by atoms with van der Waals surface area (Å²) in [6.45, 7) is 9.39. The van der Waals surface area contributed by atoms with Gasteiger partial charge < -0.3 is 6.15 Å². The zero-order chi connectivity index (χ0) is 12.0. The van der Waals surface area contributed by atoms with Gasteiger partial charge in [-0.25, -0.2) is 0 Å². The van der Waals surface area contributed by atoms with Crippen LogP contribution in [0.3, 0.4) is 0 Å². The fourth-order valence-electron chi connectivity index (χ4n) is 2.94. The molecule has 18 heavy (non-hydrogen) atoms. The first-order valence-electron chi connectivity index (χ1n) is 6.82. The van der Waals surface area contributed by atoms with Crippen molar-refractivity contribution in [3.8, 4) is 0 Å². The number of hydrogen-bond acceptors (Lipinski definition) is 1. The van der Waals surface area contributed by atoms with E-state index in [4.69, 9.17) is 0 Å². The number of benzene rings is 1. The zero-order valence-corrected chi connectivity index (χ0v) is 14.7. The Morgan fingerprint density at radius 3 is 2.00 bits per heavy atom. The molecular formula is C15H28ClMgN. The van der Waals surface area contributed by atoms with Crippen LogP contribution in [0.25, 0.3) is 0 Å². The first kappa shape index (κ1) is 20.6. The van der Waals surface area contributed by atoms with Crippen LogP contribution in [-0.4, -0.2) is 20.4 Å². The Labute approximate surface area is 129 Å². The predicted octanol–water partition coefficient (Wildman–Crippen LogP) is 4.99. The largest absolute Gasteiger partial charge is 0.380 e. The molecule has 0 aliphatic heterocycles. The maximum Gasteiger partial charge on any atom is 0.380 e. The second-order valence-electron chi connectivity index (χ2n) is 4.75. The molecule has 0 radical (unpaired) electrons. The average molecular weight is 282 g/mol. The molecule has 0 aliphatic carbocycles. The van der Waals surface area contributed by atoms with Gasteiger partial charge >= 0.3 is 20.4 Å². The molecule has 0 aliphatic rings. The molecule has 0 bridgehead atoms. The van der Waals surface area contributed by atoms with Gasteiger partial charge in [0.1, 0.15) is 0 Å². The average Bonchev–Trinajstić information content (AvgIpc) is 2.36. The lowest BCUT2D eigenvalue weighted by Gasteiger charge is -2.34. The lowest BCUT2D eigenvalue weighted by Crippen LogP contribution is -2.32. The summed E-state index contributed by atoms with van der Waals surface area (Å²) in [5.74, 6) is 0. The molecule has 0 spiro atoms. The van der Waals surface area contributed by atoms with Crippen molar-refractivity contribution < 1.29 is 0 Å². The van der Waals surface area contributed by atoms with Crippen LogP contribution in [0.1, 0.15) is 51.7 Å². The Bertz CT molecular complexity index is 324. The van der Waals surface area contributed by atoms with Crippen molar-refractivity contribution in [3.05, 3.63) is 35.4 Å². The molecule has 0 saturated heterocycles. The topological polar surface area (TPSA) is 35.0 Å². The van der Waals surface area contributed by atoms with Crippen LogP contribution < -0.4 is 6.15 Å². The molecule has 0 atom stereocenters. The minimum atomic E-state index is -0.000185. The normalized spacial score (nSPS) is 10.0. The molecule has 0 fully saturated rings. The molecular weight excluding hydrogens is 254 g/mol. The second-order valence-corrected chi connectivity index (χ2v) is 7.60. The van der Waals surface area contributed by atoms with Crippen molar-refractivity contribution in [2.45, 2.75) is 55.1 Å². The summed E-state index contributed by atoms with van der Waals surface area (Å²) in [5, 5.41) is 0. The smallest absolute Gasteiger partial charge is 0.344 e. The van der Waals surface area contributed by atoms with E-state index in [9.17, 15) is 0 Å². The summed E-state index contributed by atoms with van der Waals surface area (Å²) >= 11 is -0.000185. The van der Waals surface area contributed by atoms with Crippen molar-refractivity contribution in [2.24, 2.45) is 0 Å². The quantitative estimate of drug-likeness (QED) is 0.733.